The molecular formula is C11H22N4O3S. The minimum Gasteiger partial charge on any atom is -0.343 e. The highest BCUT2D eigenvalue weighted by molar-refractivity contribution is 7.87. The molecule has 2 rings (SSSR count). The molecule has 7 nitrogen and oxygen atoms in total. The van der Waals surface area contributed by atoms with E-state index >= 15 is 0 Å². The number of hydrogen-bond acceptors (Lipinski definition) is 4. The zero-order chi connectivity index (χ0) is 13.7. The fourth-order valence-electron chi connectivity index (χ4n) is 2.39. The van der Waals surface area contributed by atoms with Gasteiger partial charge < -0.3 is 10.2 Å². The first kappa shape index (κ1) is 14.7. The Hall–Kier alpha value is -0.700. The maximum absolute atomic E-state index is 12.0. The predicted molar refractivity (Wildman–Crippen MR) is 71.8 cm³/mol. The molecular weight excluding hydrogens is 268 g/mol. The Kier molecular flexibility index (Phi) is 5.14. The third kappa shape index (κ3) is 4.13. The molecule has 0 atom stereocenters. The average molecular weight is 290 g/mol. The van der Waals surface area contributed by atoms with E-state index in [2.05, 4.69) is 10.0 Å². The molecule has 0 aromatic rings. The molecule has 0 spiro atoms. The van der Waals surface area contributed by atoms with Gasteiger partial charge in [-0.05, 0) is 12.8 Å². The van der Waals surface area contributed by atoms with Crippen molar-refractivity contribution in [2.45, 2.75) is 19.3 Å². The summed E-state index contributed by atoms with van der Waals surface area (Å²) in [5.74, 6) is 0.0421. The summed E-state index contributed by atoms with van der Waals surface area (Å²) in [4.78, 5) is 13.6. The number of nitrogens with one attached hydrogen (secondary N) is 2. The van der Waals surface area contributed by atoms with Gasteiger partial charge in [0.2, 0.25) is 5.91 Å². The van der Waals surface area contributed by atoms with Crippen molar-refractivity contribution in [2.24, 2.45) is 0 Å². The highest BCUT2D eigenvalue weighted by Crippen LogP contribution is 2.08. The van der Waals surface area contributed by atoms with Gasteiger partial charge in [-0.15, -0.1) is 0 Å². The number of nitrogens with zero attached hydrogens (tertiary/aromatic N) is 2. The van der Waals surface area contributed by atoms with Gasteiger partial charge in [0.05, 0.1) is 0 Å². The van der Waals surface area contributed by atoms with E-state index in [9.17, 15) is 13.2 Å². The van der Waals surface area contributed by atoms with E-state index in [1.807, 2.05) is 0 Å². The largest absolute Gasteiger partial charge is 0.343 e. The lowest BCUT2D eigenvalue weighted by Gasteiger charge is -2.26. The van der Waals surface area contributed by atoms with Crippen LogP contribution in [-0.4, -0.2) is 69.3 Å². The minimum atomic E-state index is -3.43. The van der Waals surface area contributed by atoms with Gasteiger partial charge >= 0.3 is 0 Å². The Morgan fingerprint density at radius 3 is 2.37 bits per heavy atom. The standard InChI is InChI=1S/C11H22N4O3S/c16-11(14-7-1-2-8-14)3-4-13-19(17,18)15-9-5-12-6-10-15/h12-13H,1-10H2. The van der Waals surface area contributed by atoms with Gasteiger partial charge in [-0.3, -0.25) is 4.79 Å². The Bertz CT molecular complexity index is 400. The van der Waals surface area contributed by atoms with Crippen molar-refractivity contribution in [2.75, 3.05) is 45.8 Å². The van der Waals surface area contributed by atoms with Crippen molar-refractivity contribution in [1.82, 2.24) is 19.2 Å². The van der Waals surface area contributed by atoms with E-state index in [0.717, 1.165) is 25.9 Å². The quantitative estimate of drug-likeness (QED) is 0.662. The van der Waals surface area contributed by atoms with E-state index in [0.29, 0.717) is 26.2 Å². The molecule has 0 aromatic carbocycles. The molecule has 2 aliphatic rings. The predicted octanol–water partition coefficient (Wildman–Crippen LogP) is -1.26. The van der Waals surface area contributed by atoms with E-state index in [1.165, 1.54) is 4.31 Å². The van der Waals surface area contributed by atoms with Gasteiger partial charge in [0.25, 0.3) is 10.2 Å². The van der Waals surface area contributed by atoms with Crippen LogP contribution in [0.25, 0.3) is 0 Å². The minimum absolute atomic E-state index is 0.0421. The molecule has 2 fully saturated rings. The molecule has 0 unspecified atom stereocenters. The first-order chi connectivity index (χ1) is 9.09. The SMILES string of the molecule is O=C(CCNS(=O)(=O)N1CCNCC1)N1CCCC1. The molecule has 2 saturated heterocycles. The third-order valence-electron chi connectivity index (χ3n) is 3.50. The highest BCUT2D eigenvalue weighted by atomic mass is 32.2. The van der Waals surface area contributed by atoms with E-state index in [-0.39, 0.29) is 18.9 Å². The molecule has 2 N–H and O–H groups in total. The monoisotopic (exact) mass is 290 g/mol. The molecule has 2 aliphatic heterocycles. The van der Waals surface area contributed by atoms with Gasteiger partial charge in [-0.1, -0.05) is 0 Å². The first-order valence-electron chi connectivity index (χ1n) is 6.83. The van der Waals surface area contributed by atoms with Crippen LogP contribution in [0, 0.1) is 0 Å². The Morgan fingerprint density at radius 2 is 1.74 bits per heavy atom. The molecule has 0 aliphatic carbocycles. The average Bonchev–Trinajstić information content (AvgIpc) is 2.93. The molecule has 110 valence electrons. The lowest BCUT2D eigenvalue weighted by Crippen LogP contribution is -2.50. The molecule has 19 heavy (non-hydrogen) atoms. The van der Waals surface area contributed by atoms with Gasteiger partial charge in [-0.25, -0.2) is 4.72 Å². The Morgan fingerprint density at radius 1 is 1.11 bits per heavy atom. The van der Waals surface area contributed by atoms with Gasteiger partial charge in [0, 0.05) is 52.2 Å². The number of rotatable bonds is 5. The van der Waals surface area contributed by atoms with Crippen molar-refractivity contribution < 1.29 is 13.2 Å². The van der Waals surface area contributed by atoms with E-state index in [4.69, 9.17) is 0 Å². The van der Waals surface area contributed by atoms with Gasteiger partial charge in [-0.2, -0.15) is 12.7 Å². The van der Waals surface area contributed by atoms with Crippen molar-refractivity contribution in [3.8, 4) is 0 Å². The van der Waals surface area contributed by atoms with Crippen LogP contribution in [0.15, 0.2) is 0 Å². The number of piperazine rings is 1. The topological polar surface area (TPSA) is 81.8 Å². The van der Waals surface area contributed by atoms with Crippen LogP contribution in [0.2, 0.25) is 0 Å². The number of amides is 1. The number of hydrogen-bond donors (Lipinski definition) is 2. The van der Waals surface area contributed by atoms with E-state index < -0.39 is 10.2 Å². The second-order valence-electron chi connectivity index (χ2n) is 4.89. The summed E-state index contributed by atoms with van der Waals surface area (Å²) in [5.41, 5.74) is 0. The zero-order valence-electron chi connectivity index (χ0n) is 11.1. The zero-order valence-corrected chi connectivity index (χ0v) is 11.9. The first-order valence-corrected chi connectivity index (χ1v) is 8.27. The molecule has 2 heterocycles. The lowest BCUT2D eigenvalue weighted by molar-refractivity contribution is -0.129. The van der Waals surface area contributed by atoms with Crippen molar-refractivity contribution in [3.63, 3.8) is 0 Å². The van der Waals surface area contributed by atoms with Crippen LogP contribution in [0.5, 0.6) is 0 Å². The molecule has 0 aromatic heterocycles. The maximum atomic E-state index is 12.0. The van der Waals surface area contributed by atoms with Gasteiger partial charge in [0.15, 0.2) is 0 Å². The van der Waals surface area contributed by atoms with Crippen molar-refractivity contribution in [1.29, 1.82) is 0 Å². The molecule has 0 radical (unpaired) electrons. The van der Waals surface area contributed by atoms with Crippen LogP contribution in [-0.2, 0) is 15.0 Å². The number of likely N-dealkylation sites (tertiary alicyclic amines) is 1. The number of carbonyl (C=O) groups is 1. The Balaban J connectivity index is 1.73. The highest BCUT2D eigenvalue weighted by Gasteiger charge is 2.24. The van der Waals surface area contributed by atoms with Crippen LogP contribution in [0.3, 0.4) is 0 Å². The van der Waals surface area contributed by atoms with E-state index in [1.54, 1.807) is 4.90 Å². The Labute approximate surface area is 114 Å². The molecule has 8 heteroatoms. The molecule has 0 saturated carbocycles. The van der Waals surface area contributed by atoms with Crippen LogP contribution >= 0.6 is 0 Å². The molecule has 0 bridgehead atoms. The van der Waals surface area contributed by atoms with Crippen molar-refractivity contribution in [3.05, 3.63) is 0 Å². The summed E-state index contributed by atoms with van der Waals surface area (Å²) in [6, 6.07) is 0. The fraction of sp³-hybridized carbons (Fsp3) is 0.909. The van der Waals surface area contributed by atoms with Crippen molar-refractivity contribution >= 4 is 16.1 Å². The second kappa shape index (κ2) is 6.65. The summed E-state index contributed by atoms with van der Waals surface area (Å²) in [6.45, 7) is 4.11. The third-order valence-corrected chi connectivity index (χ3v) is 5.11. The molecule has 1 amide bonds. The smallest absolute Gasteiger partial charge is 0.279 e. The normalized spacial score (nSPS) is 21.8. The summed E-state index contributed by atoms with van der Waals surface area (Å²) in [7, 11) is -3.43. The summed E-state index contributed by atoms with van der Waals surface area (Å²) >= 11 is 0. The fourth-order valence-corrected chi connectivity index (χ4v) is 3.59. The van der Waals surface area contributed by atoms with Crippen LogP contribution in [0.1, 0.15) is 19.3 Å². The van der Waals surface area contributed by atoms with Gasteiger partial charge in [0.1, 0.15) is 0 Å². The van der Waals surface area contributed by atoms with Crippen LogP contribution in [0.4, 0.5) is 0 Å². The number of carbonyl (C=O) groups excluding carboxylic acids is 1. The summed E-state index contributed by atoms with van der Waals surface area (Å²) in [6.07, 6.45) is 2.35. The lowest BCUT2D eigenvalue weighted by atomic mass is 10.4. The van der Waals surface area contributed by atoms with Crippen LogP contribution < -0.4 is 10.0 Å². The second-order valence-corrected chi connectivity index (χ2v) is 6.64. The maximum Gasteiger partial charge on any atom is 0.279 e. The summed E-state index contributed by atoms with van der Waals surface area (Å²) < 4.78 is 27.8. The summed E-state index contributed by atoms with van der Waals surface area (Å²) in [5, 5.41) is 3.10.